The van der Waals surface area contributed by atoms with Crippen molar-refractivity contribution in [2.24, 2.45) is 0 Å². The van der Waals surface area contributed by atoms with Gasteiger partial charge in [-0.1, -0.05) is 36.4 Å². The van der Waals surface area contributed by atoms with Gasteiger partial charge in [-0.3, -0.25) is 0 Å². The van der Waals surface area contributed by atoms with Gasteiger partial charge in [-0.15, -0.1) is 10.2 Å². The molecule has 10 heteroatoms. The Morgan fingerprint density at radius 2 is 1.86 bits per heavy atom. The lowest BCUT2D eigenvalue weighted by molar-refractivity contribution is 0.252. The first-order valence-electron chi connectivity index (χ1n) is 8.44. The average Bonchev–Trinajstić information content (AvgIpc) is 3.21. The number of nitrogens with zero attached hydrogens (tertiary/aromatic N) is 2. The molecular weight excluding hydrogens is 382 g/mol. The highest BCUT2D eigenvalue weighted by atomic mass is 32.2. The SMILES string of the molecule is O=C(NCCNS(=O)(=O)Cc1ccccc1)Nc1cccc(-c2nnco2)c1. The minimum Gasteiger partial charge on any atom is -0.423 e. The van der Waals surface area contributed by atoms with Crippen molar-refractivity contribution < 1.29 is 17.6 Å². The first-order valence-corrected chi connectivity index (χ1v) is 10.1. The first-order chi connectivity index (χ1) is 13.5. The van der Waals surface area contributed by atoms with E-state index in [0.717, 1.165) is 0 Å². The molecule has 0 fully saturated rings. The zero-order valence-corrected chi connectivity index (χ0v) is 15.6. The molecule has 3 rings (SSSR count). The third-order valence-corrected chi connectivity index (χ3v) is 5.02. The van der Waals surface area contributed by atoms with Crippen LogP contribution in [0.3, 0.4) is 0 Å². The van der Waals surface area contributed by atoms with Gasteiger partial charge < -0.3 is 15.1 Å². The zero-order valence-electron chi connectivity index (χ0n) is 14.8. The molecule has 0 radical (unpaired) electrons. The van der Waals surface area contributed by atoms with Crippen molar-refractivity contribution in [2.45, 2.75) is 5.75 Å². The normalized spacial score (nSPS) is 11.1. The van der Waals surface area contributed by atoms with Gasteiger partial charge in [-0.2, -0.15) is 0 Å². The predicted octanol–water partition coefficient (Wildman–Crippen LogP) is 1.98. The molecule has 2 amide bonds. The molecule has 3 N–H and O–H groups in total. The summed E-state index contributed by atoms with van der Waals surface area (Å²) < 4.78 is 31.6. The maximum atomic E-state index is 12.0. The molecule has 0 bridgehead atoms. The Morgan fingerprint density at radius 3 is 2.61 bits per heavy atom. The molecular formula is C18H19N5O4S. The Morgan fingerprint density at radius 1 is 1.04 bits per heavy atom. The number of carbonyl (C=O) groups excluding carboxylic acids is 1. The molecule has 0 saturated heterocycles. The van der Waals surface area contributed by atoms with Crippen LogP contribution in [0.2, 0.25) is 0 Å². The molecule has 28 heavy (non-hydrogen) atoms. The average molecular weight is 401 g/mol. The fourth-order valence-corrected chi connectivity index (χ4v) is 3.58. The lowest BCUT2D eigenvalue weighted by Crippen LogP contribution is -2.37. The van der Waals surface area contributed by atoms with Gasteiger partial charge in [0.25, 0.3) is 0 Å². The van der Waals surface area contributed by atoms with Crippen molar-refractivity contribution in [3.63, 3.8) is 0 Å². The van der Waals surface area contributed by atoms with Crippen molar-refractivity contribution in [3.8, 4) is 11.5 Å². The maximum absolute atomic E-state index is 12.0. The quantitative estimate of drug-likeness (QED) is 0.496. The Kier molecular flexibility index (Phi) is 6.35. The number of anilines is 1. The Labute approximate surface area is 162 Å². The molecule has 1 aromatic heterocycles. The summed E-state index contributed by atoms with van der Waals surface area (Å²) in [6.45, 7) is 0.230. The van der Waals surface area contributed by atoms with Crippen LogP contribution in [0.5, 0.6) is 0 Å². The second-order valence-corrected chi connectivity index (χ2v) is 7.65. The highest BCUT2D eigenvalue weighted by Crippen LogP contribution is 2.20. The Bertz CT molecular complexity index is 1010. The van der Waals surface area contributed by atoms with Crippen molar-refractivity contribution in [2.75, 3.05) is 18.4 Å². The third kappa shape index (κ3) is 5.89. The van der Waals surface area contributed by atoms with Gasteiger partial charge in [0.1, 0.15) is 0 Å². The van der Waals surface area contributed by atoms with Crippen molar-refractivity contribution in [1.29, 1.82) is 0 Å². The van der Waals surface area contributed by atoms with E-state index in [1.54, 1.807) is 48.5 Å². The molecule has 146 valence electrons. The molecule has 9 nitrogen and oxygen atoms in total. The van der Waals surface area contributed by atoms with Gasteiger partial charge in [0.05, 0.1) is 5.75 Å². The van der Waals surface area contributed by atoms with Gasteiger partial charge in [0.2, 0.25) is 22.3 Å². The van der Waals surface area contributed by atoms with Crippen molar-refractivity contribution in [1.82, 2.24) is 20.2 Å². The van der Waals surface area contributed by atoms with E-state index in [9.17, 15) is 13.2 Å². The fraction of sp³-hybridized carbons (Fsp3) is 0.167. The molecule has 0 spiro atoms. The highest BCUT2D eigenvalue weighted by Gasteiger charge is 2.11. The van der Waals surface area contributed by atoms with Gasteiger partial charge in [0.15, 0.2) is 0 Å². The van der Waals surface area contributed by atoms with Gasteiger partial charge in [0, 0.05) is 24.3 Å². The predicted molar refractivity (Wildman–Crippen MR) is 104 cm³/mol. The number of benzene rings is 2. The topological polar surface area (TPSA) is 126 Å². The van der Waals surface area contributed by atoms with Gasteiger partial charge in [-0.25, -0.2) is 17.9 Å². The summed E-state index contributed by atoms with van der Waals surface area (Å²) in [6.07, 6.45) is 1.22. The third-order valence-electron chi connectivity index (χ3n) is 3.66. The number of carbonyl (C=O) groups is 1. The largest absolute Gasteiger partial charge is 0.423 e. The van der Waals surface area contributed by atoms with Crippen LogP contribution in [0.25, 0.3) is 11.5 Å². The van der Waals surface area contributed by atoms with Crippen LogP contribution in [0.4, 0.5) is 10.5 Å². The molecule has 0 aliphatic rings. The monoisotopic (exact) mass is 401 g/mol. The molecule has 2 aromatic carbocycles. The number of urea groups is 1. The second-order valence-electron chi connectivity index (χ2n) is 5.84. The molecule has 1 heterocycles. The summed E-state index contributed by atoms with van der Waals surface area (Å²) in [7, 11) is -3.47. The minimum absolute atomic E-state index is 0.0879. The molecule has 3 aromatic rings. The summed E-state index contributed by atoms with van der Waals surface area (Å²) in [4.78, 5) is 12.0. The highest BCUT2D eigenvalue weighted by molar-refractivity contribution is 7.88. The number of sulfonamides is 1. The summed E-state index contributed by atoms with van der Waals surface area (Å²) in [5.41, 5.74) is 1.91. The second kappa shape index (κ2) is 9.11. The van der Waals surface area contributed by atoms with Crippen LogP contribution in [0.1, 0.15) is 5.56 Å². The summed E-state index contributed by atoms with van der Waals surface area (Å²) in [5.74, 6) is 0.236. The van der Waals surface area contributed by atoms with E-state index in [1.807, 2.05) is 6.07 Å². The summed E-state index contributed by atoms with van der Waals surface area (Å²) in [6, 6.07) is 15.3. The molecule has 0 saturated carbocycles. The van der Waals surface area contributed by atoms with Crippen LogP contribution in [0.15, 0.2) is 65.4 Å². The minimum atomic E-state index is -3.47. The van der Waals surface area contributed by atoms with Crippen LogP contribution in [-0.2, 0) is 15.8 Å². The number of rotatable bonds is 8. The molecule has 0 aliphatic heterocycles. The van der Waals surface area contributed by atoms with E-state index in [4.69, 9.17) is 4.42 Å². The van der Waals surface area contributed by atoms with E-state index < -0.39 is 16.1 Å². The van der Waals surface area contributed by atoms with E-state index in [-0.39, 0.29) is 18.8 Å². The van der Waals surface area contributed by atoms with E-state index in [2.05, 4.69) is 25.6 Å². The van der Waals surface area contributed by atoms with E-state index >= 15 is 0 Å². The molecule has 0 atom stereocenters. The lowest BCUT2D eigenvalue weighted by Gasteiger charge is -2.10. The van der Waals surface area contributed by atoms with Crippen LogP contribution < -0.4 is 15.4 Å². The van der Waals surface area contributed by atoms with Crippen LogP contribution >= 0.6 is 0 Å². The lowest BCUT2D eigenvalue weighted by atomic mass is 10.2. The van der Waals surface area contributed by atoms with Crippen LogP contribution in [0, 0.1) is 0 Å². The number of amides is 2. The number of hydrogen-bond donors (Lipinski definition) is 3. The van der Waals surface area contributed by atoms with E-state index in [0.29, 0.717) is 22.7 Å². The van der Waals surface area contributed by atoms with Crippen molar-refractivity contribution in [3.05, 3.63) is 66.6 Å². The molecule has 0 aliphatic carbocycles. The summed E-state index contributed by atoms with van der Waals surface area (Å²) >= 11 is 0. The molecule has 0 unspecified atom stereocenters. The zero-order chi connectivity index (χ0) is 19.8. The first kappa shape index (κ1) is 19.5. The number of nitrogens with one attached hydrogen (secondary N) is 3. The number of hydrogen-bond acceptors (Lipinski definition) is 6. The number of aromatic nitrogens is 2. The van der Waals surface area contributed by atoms with Crippen LogP contribution in [-0.4, -0.2) is 37.7 Å². The smallest absolute Gasteiger partial charge is 0.319 e. The fourth-order valence-electron chi connectivity index (χ4n) is 2.43. The van der Waals surface area contributed by atoms with E-state index in [1.165, 1.54) is 6.39 Å². The van der Waals surface area contributed by atoms with Crippen molar-refractivity contribution >= 4 is 21.7 Å². The van der Waals surface area contributed by atoms with Gasteiger partial charge in [-0.05, 0) is 23.8 Å². The Hall–Kier alpha value is -3.24. The van der Waals surface area contributed by atoms with Gasteiger partial charge >= 0.3 is 6.03 Å². The Balaban J connectivity index is 1.43. The maximum Gasteiger partial charge on any atom is 0.319 e. The summed E-state index contributed by atoms with van der Waals surface area (Å²) in [5, 5.41) is 12.7. The standard InChI is InChI=1S/C18H19N5O4S/c24-18(22-16-8-4-7-15(11-16)17-23-20-13-27-17)19-9-10-21-28(25,26)12-14-5-2-1-3-6-14/h1-8,11,13,21H,9-10,12H2,(H2,19,22,24).